The van der Waals surface area contributed by atoms with E-state index in [9.17, 15) is 5.11 Å². The number of aromatic nitrogens is 1. The molecule has 1 N–H and O–H groups in total. The van der Waals surface area contributed by atoms with E-state index in [0.29, 0.717) is 5.75 Å². The van der Waals surface area contributed by atoms with Gasteiger partial charge in [0.05, 0.1) is 0 Å². The predicted molar refractivity (Wildman–Crippen MR) is 122 cm³/mol. The Morgan fingerprint density at radius 2 is 1.43 bits per heavy atom. The van der Waals surface area contributed by atoms with Crippen molar-refractivity contribution < 1.29 is 5.11 Å². The number of phenols is 1. The fourth-order valence-electron chi connectivity index (χ4n) is 4.56. The van der Waals surface area contributed by atoms with Crippen molar-refractivity contribution in [1.82, 2.24) is 4.57 Å². The van der Waals surface area contributed by atoms with Gasteiger partial charge in [0.15, 0.2) is 0 Å². The molecule has 0 saturated carbocycles. The summed E-state index contributed by atoms with van der Waals surface area (Å²) < 4.78 is 2.40. The van der Waals surface area contributed by atoms with Crippen LogP contribution in [0.3, 0.4) is 0 Å². The molecule has 0 bridgehead atoms. The van der Waals surface area contributed by atoms with Crippen molar-refractivity contribution in [3.05, 3.63) is 60.8 Å². The molecule has 0 aliphatic heterocycles. The van der Waals surface area contributed by atoms with Crippen LogP contribution in [-0.4, -0.2) is 14.4 Å². The van der Waals surface area contributed by atoms with Crippen molar-refractivity contribution in [3.63, 3.8) is 0 Å². The number of phenolic OH excluding ortho intramolecular Hbond substituents is 1. The van der Waals surface area contributed by atoms with Crippen molar-refractivity contribution >= 4 is 22.7 Å². The average Bonchev–Trinajstić information content (AvgIpc) is 3.01. The molecule has 150 valence electrons. The lowest BCUT2D eigenvalue weighted by Crippen LogP contribution is -2.51. The Morgan fingerprint density at radius 3 is 2.04 bits per heavy atom. The molecule has 2 nitrogen and oxygen atoms in total. The van der Waals surface area contributed by atoms with E-state index >= 15 is 0 Å². The Bertz CT molecular complexity index is 912. The zero-order chi connectivity index (χ0) is 20.6. The van der Waals surface area contributed by atoms with Crippen LogP contribution < -0.4 is 0 Å². The van der Waals surface area contributed by atoms with Crippen molar-refractivity contribution in [1.29, 1.82) is 0 Å². The highest BCUT2D eigenvalue weighted by Gasteiger charge is 2.51. The van der Waals surface area contributed by atoms with Gasteiger partial charge in [0.2, 0.25) is 0 Å². The van der Waals surface area contributed by atoms with E-state index < -0.39 is 0 Å². The van der Waals surface area contributed by atoms with E-state index in [1.165, 1.54) is 15.8 Å². The van der Waals surface area contributed by atoms with Crippen LogP contribution in [0.5, 0.6) is 5.75 Å². The van der Waals surface area contributed by atoms with Crippen LogP contribution in [-0.2, 0) is 6.54 Å². The maximum absolute atomic E-state index is 9.69. The Labute approximate surface area is 174 Å². The summed E-state index contributed by atoms with van der Waals surface area (Å²) in [6, 6.07) is 18.5. The number of hydrogen-bond donors (Lipinski definition) is 1. The zero-order valence-electron chi connectivity index (χ0n) is 18.0. The Balaban J connectivity index is 1.98. The highest BCUT2D eigenvalue weighted by atomic mass is 32.2. The number of thioether (sulfide) groups is 1. The number of para-hydroxylation sites is 1. The van der Waals surface area contributed by atoms with Gasteiger partial charge in [-0.05, 0) is 59.0 Å². The van der Waals surface area contributed by atoms with Gasteiger partial charge in [-0.25, -0.2) is 0 Å². The van der Waals surface area contributed by atoms with Crippen LogP contribution in [0, 0.1) is 10.8 Å². The van der Waals surface area contributed by atoms with Gasteiger partial charge in [0.25, 0.3) is 0 Å². The Morgan fingerprint density at radius 1 is 0.821 bits per heavy atom. The average molecular weight is 396 g/mol. The molecule has 28 heavy (non-hydrogen) atoms. The van der Waals surface area contributed by atoms with E-state index in [2.05, 4.69) is 82.6 Å². The number of nitrogens with zero attached hydrogens (tertiary/aromatic N) is 1. The highest BCUT2D eigenvalue weighted by Crippen LogP contribution is 2.58. The quantitative estimate of drug-likeness (QED) is 0.456. The summed E-state index contributed by atoms with van der Waals surface area (Å²) in [6.07, 6.45) is 3.27. The molecular formula is C25H33NOS. The molecule has 0 atom stereocenters. The summed E-state index contributed by atoms with van der Waals surface area (Å²) in [5.41, 5.74) is 1.49. The molecular weight excluding hydrogens is 362 g/mol. The second-order valence-corrected chi connectivity index (χ2v) is 11.1. The molecule has 0 radical (unpaired) electrons. The van der Waals surface area contributed by atoms with Crippen molar-refractivity contribution in [2.24, 2.45) is 10.8 Å². The van der Waals surface area contributed by atoms with Crippen molar-refractivity contribution in [2.45, 2.75) is 64.2 Å². The second-order valence-electron chi connectivity index (χ2n) is 9.74. The summed E-state index contributed by atoms with van der Waals surface area (Å²) in [5.74, 6) is 0.320. The smallest absolute Gasteiger partial charge is 0.115 e. The van der Waals surface area contributed by atoms with E-state index in [0.717, 1.165) is 13.0 Å². The third-order valence-corrected chi connectivity index (χ3v) is 8.22. The molecule has 0 amide bonds. The predicted octanol–water partition coefficient (Wildman–Crippen LogP) is 7.36. The SMILES string of the molecule is CC(C)(C)C(CCn1ccc2ccccc21)(Sc1ccc(O)cc1)C(C)(C)C. The molecule has 3 heteroatoms. The number of benzene rings is 2. The van der Waals surface area contributed by atoms with E-state index in [4.69, 9.17) is 0 Å². The van der Waals surface area contributed by atoms with E-state index in [1.807, 2.05) is 23.9 Å². The van der Waals surface area contributed by atoms with Crippen LogP contribution in [0.15, 0.2) is 65.7 Å². The molecule has 0 aliphatic carbocycles. The van der Waals surface area contributed by atoms with E-state index in [1.54, 1.807) is 12.1 Å². The maximum Gasteiger partial charge on any atom is 0.115 e. The molecule has 0 fully saturated rings. The molecule has 0 aliphatic rings. The summed E-state index contributed by atoms with van der Waals surface area (Å²) in [7, 11) is 0. The first-order chi connectivity index (χ1) is 13.0. The third kappa shape index (κ3) is 3.96. The van der Waals surface area contributed by atoms with Crippen LogP contribution in [0.25, 0.3) is 10.9 Å². The fraction of sp³-hybridized carbons (Fsp3) is 0.440. The normalized spacial score (nSPS) is 13.2. The van der Waals surface area contributed by atoms with E-state index in [-0.39, 0.29) is 15.6 Å². The largest absolute Gasteiger partial charge is 0.508 e. The molecule has 0 saturated heterocycles. The van der Waals surface area contributed by atoms with Crippen LogP contribution in [0.2, 0.25) is 0 Å². The first-order valence-corrected chi connectivity index (χ1v) is 10.9. The molecule has 1 heterocycles. The van der Waals surface area contributed by atoms with Gasteiger partial charge in [0.1, 0.15) is 5.75 Å². The number of aryl methyl sites for hydroxylation is 1. The third-order valence-electron chi connectivity index (χ3n) is 5.94. The van der Waals surface area contributed by atoms with Crippen molar-refractivity contribution in [2.75, 3.05) is 0 Å². The summed E-state index contributed by atoms with van der Waals surface area (Å²) in [5, 5.41) is 11.0. The van der Waals surface area contributed by atoms with Gasteiger partial charge < -0.3 is 9.67 Å². The molecule has 0 unspecified atom stereocenters. The van der Waals surface area contributed by atoms with Gasteiger partial charge in [-0.1, -0.05) is 59.7 Å². The first kappa shape index (κ1) is 20.9. The Hall–Kier alpha value is -1.87. The number of rotatable bonds is 5. The number of hydrogen-bond acceptors (Lipinski definition) is 2. The molecule has 3 rings (SSSR count). The van der Waals surface area contributed by atoms with Crippen LogP contribution in [0.4, 0.5) is 0 Å². The lowest BCUT2D eigenvalue weighted by molar-refractivity contribution is 0.127. The number of fused-ring (bicyclic) bond motifs is 1. The van der Waals surface area contributed by atoms with Gasteiger partial charge in [-0.3, -0.25) is 0 Å². The van der Waals surface area contributed by atoms with Gasteiger partial charge in [-0.15, -0.1) is 11.8 Å². The highest BCUT2D eigenvalue weighted by molar-refractivity contribution is 8.00. The minimum absolute atomic E-state index is 0.0162. The number of aromatic hydroxyl groups is 1. The monoisotopic (exact) mass is 395 g/mol. The second kappa shape index (κ2) is 7.51. The van der Waals surface area contributed by atoms with Crippen LogP contribution >= 0.6 is 11.8 Å². The Kier molecular flexibility index (Phi) is 5.60. The molecule has 0 spiro atoms. The summed E-state index contributed by atoms with van der Waals surface area (Å²) in [6.45, 7) is 15.1. The summed E-state index contributed by atoms with van der Waals surface area (Å²) >= 11 is 1.96. The summed E-state index contributed by atoms with van der Waals surface area (Å²) in [4.78, 5) is 1.21. The van der Waals surface area contributed by atoms with Crippen LogP contribution in [0.1, 0.15) is 48.0 Å². The zero-order valence-corrected chi connectivity index (χ0v) is 18.8. The molecule has 2 aromatic carbocycles. The van der Waals surface area contributed by atoms with Crippen molar-refractivity contribution in [3.8, 4) is 5.75 Å². The topological polar surface area (TPSA) is 25.2 Å². The van der Waals surface area contributed by atoms with Gasteiger partial charge >= 0.3 is 0 Å². The van der Waals surface area contributed by atoms with Gasteiger partial charge in [0, 0.05) is 27.9 Å². The molecule has 1 aromatic heterocycles. The minimum atomic E-state index is 0.0162. The maximum atomic E-state index is 9.69. The molecule has 3 aromatic rings. The standard InChI is InChI=1S/C25H33NOS/c1-23(2,3)25(24(4,5)6,28-21-13-11-20(27)12-14-21)16-18-26-17-15-19-9-7-8-10-22(19)26/h7-15,17,27H,16,18H2,1-6H3. The fourth-order valence-corrected chi connectivity index (χ4v) is 6.04. The lowest BCUT2D eigenvalue weighted by Gasteiger charge is -2.53. The lowest BCUT2D eigenvalue weighted by atomic mass is 9.64. The van der Waals surface area contributed by atoms with Gasteiger partial charge in [-0.2, -0.15) is 0 Å². The minimum Gasteiger partial charge on any atom is -0.508 e. The first-order valence-electron chi connectivity index (χ1n) is 10.1.